The molecule has 7 nitrogen and oxygen atoms in total. The molecule has 0 radical (unpaired) electrons. The summed E-state index contributed by atoms with van der Waals surface area (Å²) in [6, 6.07) is 13.9. The second-order valence-corrected chi connectivity index (χ2v) is 11.7. The number of hydrogen-bond donors (Lipinski definition) is 1. The third kappa shape index (κ3) is 4.50. The molecule has 2 aliphatic heterocycles. The fourth-order valence-corrected chi connectivity index (χ4v) is 5.67. The van der Waals surface area contributed by atoms with Crippen LogP contribution < -0.4 is 5.32 Å². The molecule has 1 N–H and O–H groups in total. The number of ketones is 1. The van der Waals surface area contributed by atoms with E-state index in [-0.39, 0.29) is 35.1 Å². The van der Waals surface area contributed by atoms with Crippen molar-refractivity contribution < 1.29 is 18.0 Å². The van der Waals surface area contributed by atoms with Crippen LogP contribution in [0.4, 0.5) is 0 Å². The van der Waals surface area contributed by atoms with Crippen molar-refractivity contribution in [2.45, 2.75) is 56.5 Å². The molecule has 174 valence electrons. The van der Waals surface area contributed by atoms with Crippen molar-refractivity contribution in [1.82, 2.24) is 9.62 Å². The Kier molecular flexibility index (Phi) is 5.78. The summed E-state index contributed by atoms with van der Waals surface area (Å²) in [4.78, 5) is 29.1. The zero-order valence-electron chi connectivity index (χ0n) is 19.4. The standard InChI is InChI=1S/C25H29N3O4S/c1-17(29)18-7-11-21(12-8-18)33(31,32)28-15-13-25(14-16-28)26-22(23(30)27-25)19-5-9-20(10-6-19)24(2,3)4/h5-12H,13-16H2,1-4H3,(H,27,30). The lowest BCUT2D eigenvalue weighted by Gasteiger charge is -2.36. The predicted molar refractivity (Wildman–Crippen MR) is 127 cm³/mol. The van der Waals surface area contributed by atoms with E-state index in [1.54, 1.807) is 0 Å². The number of carbonyl (C=O) groups is 2. The largest absolute Gasteiger partial charge is 0.326 e. The highest BCUT2D eigenvalue weighted by Gasteiger charge is 2.44. The lowest BCUT2D eigenvalue weighted by molar-refractivity contribution is -0.115. The summed E-state index contributed by atoms with van der Waals surface area (Å²) in [5, 5.41) is 2.99. The lowest BCUT2D eigenvalue weighted by Crippen LogP contribution is -2.52. The van der Waals surface area contributed by atoms with Crippen molar-refractivity contribution in [3.05, 3.63) is 65.2 Å². The third-order valence-corrected chi connectivity index (χ3v) is 8.27. The van der Waals surface area contributed by atoms with Gasteiger partial charge in [0.25, 0.3) is 5.91 Å². The molecule has 0 atom stereocenters. The van der Waals surface area contributed by atoms with Crippen molar-refractivity contribution in [3.8, 4) is 0 Å². The van der Waals surface area contributed by atoms with Crippen molar-refractivity contribution in [1.29, 1.82) is 0 Å². The first-order valence-corrected chi connectivity index (χ1v) is 12.5. The van der Waals surface area contributed by atoms with Crippen molar-refractivity contribution in [3.63, 3.8) is 0 Å². The van der Waals surface area contributed by atoms with Crippen LogP contribution in [0.5, 0.6) is 0 Å². The Morgan fingerprint density at radius 1 is 1.00 bits per heavy atom. The first kappa shape index (κ1) is 23.3. The number of sulfonamides is 1. The van der Waals surface area contributed by atoms with E-state index < -0.39 is 15.7 Å². The maximum absolute atomic E-state index is 13.1. The van der Waals surface area contributed by atoms with E-state index in [1.165, 1.54) is 41.1 Å². The molecule has 1 fully saturated rings. The van der Waals surface area contributed by atoms with E-state index in [2.05, 4.69) is 26.1 Å². The summed E-state index contributed by atoms with van der Waals surface area (Å²) < 4.78 is 27.5. The Hall–Kier alpha value is -2.84. The van der Waals surface area contributed by atoms with Crippen LogP contribution in [0.1, 0.15) is 62.0 Å². The molecule has 1 spiro atoms. The number of Topliss-reactive ketones (excluding diaryl/α,β-unsaturated/α-hetero) is 1. The Balaban J connectivity index is 1.50. The number of nitrogens with zero attached hydrogens (tertiary/aromatic N) is 2. The quantitative estimate of drug-likeness (QED) is 0.698. The number of nitrogens with one attached hydrogen (secondary N) is 1. The van der Waals surface area contributed by atoms with Crippen molar-refractivity contribution in [2.24, 2.45) is 4.99 Å². The molecule has 2 aromatic rings. The minimum absolute atomic E-state index is 0.0181. The van der Waals surface area contributed by atoms with Crippen LogP contribution in [0.2, 0.25) is 0 Å². The van der Waals surface area contributed by atoms with E-state index in [4.69, 9.17) is 4.99 Å². The highest BCUT2D eigenvalue weighted by atomic mass is 32.2. The second-order valence-electron chi connectivity index (χ2n) is 9.76. The molecule has 2 heterocycles. The fraction of sp³-hybridized carbons (Fsp3) is 0.400. The van der Waals surface area contributed by atoms with Gasteiger partial charge in [0.2, 0.25) is 10.0 Å². The molecule has 2 aliphatic rings. The molecule has 33 heavy (non-hydrogen) atoms. The van der Waals surface area contributed by atoms with Crippen LogP contribution in [0.15, 0.2) is 58.4 Å². The van der Waals surface area contributed by atoms with Crippen molar-refractivity contribution in [2.75, 3.05) is 13.1 Å². The van der Waals surface area contributed by atoms with Gasteiger partial charge in [-0.15, -0.1) is 0 Å². The smallest absolute Gasteiger partial charge is 0.272 e. The number of benzene rings is 2. The first-order valence-electron chi connectivity index (χ1n) is 11.1. The minimum Gasteiger partial charge on any atom is -0.326 e. The van der Waals surface area contributed by atoms with Crippen LogP contribution in [-0.2, 0) is 20.2 Å². The van der Waals surface area contributed by atoms with Gasteiger partial charge in [-0.05, 0) is 30.0 Å². The summed E-state index contributed by atoms with van der Waals surface area (Å²) in [5.74, 6) is -0.341. The summed E-state index contributed by atoms with van der Waals surface area (Å²) in [7, 11) is -3.69. The van der Waals surface area contributed by atoms with Gasteiger partial charge in [-0.3, -0.25) is 14.6 Å². The summed E-state index contributed by atoms with van der Waals surface area (Å²) >= 11 is 0. The number of piperidine rings is 1. The SMILES string of the molecule is CC(=O)c1ccc(S(=O)(=O)N2CCC3(CC2)N=C(c2ccc(C(C)(C)C)cc2)C(=O)N3)cc1. The topological polar surface area (TPSA) is 95.9 Å². The Labute approximate surface area is 195 Å². The number of rotatable bonds is 4. The molecule has 4 rings (SSSR count). The predicted octanol–water partition coefficient (Wildman–Crippen LogP) is 3.29. The molecule has 1 amide bonds. The fourth-order valence-electron chi connectivity index (χ4n) is 4.23. The maximum atomic E-state index is 13.1. The molecule has 0 unspecified atom stereocenters. The zero-order chi connectivity index (χ0) is 24.0. The molecule has 2 aromatic carbocycles. The first-order chi connectivity index (χ1) is 15.4. The second kappa shape index (κ2) is 8.18. The summed E-state index contributed by atoms with van der Waals surface area (Å²) in [5.41, 5.74) is 2.04. The van der Waals surface area contributed by atoms with Crippen molar-refractivity contribution >= 4 is 27.4 Å². The molecule has 0 bridgehead atoms. The van der Waals surface area contributed by atoms with Crippen LogP contribution in [0.3, 0.4) is 0 Å². The van der Waals surface area contributed by atoms with Gasteiger partial charge in [-0.2, -0.15) is 4.31 Å². The van der Waals surface area contributed by atoms with Gasteiger partial charge in [0.05, 0.1) is 4.90 Å². The monoisotopic (exact) mass is 467 g/mol. The number of hydrogen-bond acceptors (Lipinski definition) is 5. The Morgan fingerprint density at radius 3 is 2.09 bits per heavy atom. The highest BCUT2D eigenvalue weighted by Crippen LogP contribution is 2.32. The molecule has 0 aromatic heterocycles. The van der Waals surface area contributed by atoms with E-state index in [0.717, 1.165) is 5.56 Å². The van der Waals surface area contributed by atoms with Crippen LogP contribution in [-0.4, -0.2) is 48.9 Å². The van der Waals surface area contributed by atoms with E-state index in [0.29, 0.717) is 24.1 Å². The normalized spacial score (nSPS) is 18.8. The van der Waals surface area contributed by atoms with Gasteiger partial charge >= 0.3 is 0 Å². The third-order valence-electron chi connectivity index (χ3n) is 6.36. The highest BCUT2D eigenvalue weighted by molar-refractivity contribution is 7.89. The molecule has 8 heteroatoms. The van der Waals surface area contributed by atoms with Gasteiger partial charge < -0.3 is 5.32 Å². The number of carbonyl (C=O) groups excluding carboxylic acids is 2. The molecule has 0 aliphatic carbocycles. The van der Waals surface area contributed by atoms with E-state index in [9.17, 15) is 18.0 Å². The molecular weight excluding hydrogens is 438 g/mol. The zero-order valence-corrected chi connectivity index (χ0v) is 20.2. The molecular formula is C25H29N3O4S. The number of amides is 1. The van der Waals surface area contributed by atoms with Crippen LogP contribution >= 0.6 is 0 Å². The van der Waals surface area contributed by atoms with E-state index in [1.807, 2.05) is 24.3 Å². The Morgan fingerprint density at radius 2 is 1.58 bits per heavy atom. The van der Waals surface area contributed by atoms with Gasteiger partial charge in [0, 0.05) is 37.1 Å². The summed E-state index contributed by atoms with van der Waals surface area (Å²) in [6.07, 6.45) is 0.792. The molecule has 1 saturated heterocycles. The van der Waals surface area contributed by atoms with Gasteiger partial charge in [0.15, 0.2) is 5.78 Å². The Bertz CT molecular complexity index is 1220. The minimum atomic E-state index is -3.69. The van der Waals surface area contributed by atoms with Gasteiger partial charge in [0.1, 0.15) is 11.4 Å². The lowest BCUT2D eigenvalue weighted by atomic mass is 9.86. The van der Waals surface area contributed by atoms with Crippen LogP contribution in [0.25, 0.3) is 0 Å². The van der Waals surface area contributed by atoms with Gasteiger partial charge in [-0.25, -0.2) is 8.42 Å². The molecule has 0 saturated carbocycles. The van der Waals surface area contributed by atoms with Gasteiger partial charge in [-0.1, -0.05) is 57.2 Å². The average Bonchev–Trinajstić information content (AvgIpc) is 3.09. The van der Waals surface area contributed by atoms with Crippen LogP contribution in [0, 0.1) is 0 Å². The van der Waals surface area contributed by atoms with E-state index >= 15 is 0 Å². The average molecular weight is 468 g/mol. The number of aliphatic imine (C=N–C) groups is 1. The summed E-state index contributed by atoms with van der Waals surface area (Å²) in [6.45, 7) is 8.34. The maximum Gasteiger partial charge on any atom is 0.272 e.